The third-order valence-corrected chi connectivity index (χ3v) is 4.12. The standard InChI is InChI=1S/C16H28N4/c1-5-17-13-10-14(20-15(19-13)12(2)3)18-11-16(4)8-6-7-9-16/h10,12H,5-9,11H2,1-4H3,(H2,17,18,19,20). The second-order valence-corrected chi connectivity index (χ2v) is 6.55. The van der Waals surface area contributed by atoms with Crippen molar-refractivity contribution in [1.29, 1.82) is 0 Å². The molecule has 4 heteroatoms. The lowest BCUT2D eigenvalue weighted by molar-refractivity contribution is 0.361. The lowest BCUT2D eigenvalue weighted by Crippen LogP contribution is -2.23. The molecule has 1 aliphatic rings. The number of nitrogens with zero attached hydrogens (tertiary/aromatic N) is 2. The molecule has 1 saturated carbocycles. The van der Waals surface area contributed by atoms with Gasteiger partial charge < -0.3 is 10.6 Å². The van der Waals surface area contributed by atoms with Gasteiger partial charge in [0.1, 0.15) is 17.5 Å². The predicted molar refractivity (Wildman–Crippen MR) is 85.3 cm³/mol. The van der Waals surface area contributed by atoms with Crippen LogP contribution in [0.25, 0.3) is 0 Å². The zero-order valence-corrected chi connectivity index (χ0v) is 13.3. The number of hydrogen-bond donors (Lipinski definition) is 2. The molecule has 1 aromatic rings. The Hall–Kier alpha value is -1.32. The molecule has 1 fully saturated rings. The van der Waals surface area contributed by atoms with Gasteiger partial charge in [0.05, 0.1) is 0 Å². The van der Waals surface area contributed by atoms with Gasteiger partial charge in [0.2, 0.25) is 0 Å². The molecule has 1 aromatic heterocycles. The molecule has 2 rings (SSSR count). The van der Waals surface area contributed by atoms with Gasteiger partial charge in [-0.05, 0) is 25.2 Å². The molecule has 0 aromatic carbocycles. The molecule has 0 bridgehead atoms. The highest BCUT2D eigenvalue weighted by Gasteiger charge is 2.28. The molecule has 0 amide bonds. The smallest absolute Gasteiger partial charge is 0.135 e. The first-order chi connectivity index (χ1) is 9.52. The van der Waals surface area contributed by atoms with Crippen LogP contribution >= 0.6 is 0 Å². The number of rotatable bonds is 6. The van der Waals surface area contributed by atoms with Crippen molar-refractivity contribution in [3.8, 4) is 0 Å². The third kappa shape index (κ3) is 3.84. The van der Waals surface area contributed by atoms with Gasteiger partial charge in [0, 0.05) is 25.1 Å². The molecule has 0 atom stereocenters. The molecule has 20 heavy (non-hydrogen) atoms. The van der Waals surface area contributed by atoms with Crippen molar-refractivity contribution in [3.63, 3.8) is 0 Å². The van der Waals surface area contributed by atoms with Crippen molar-refractivity contribution < 1.29 is 0 Å². The molecule has 0 spiro atoms. The van der Waals surface area contributed by atoms with Gasteiger partial charge in [-0.1, -0.05) is 33.6 Å². The van der Waals surface area contributed by atoms with Crippen molar-refractivity contribution >= 4 is 11.6 Å². The first-order valence-corrected chi connectivity index (χ1v) is 7.89. The highest BCUT2D eigenvalue weighted by atomic mass is 15.1. The van der Waals surface area contributed by atoms with E-state index < -0.39 is 0 Å². The Morgan fingerprint density at radius 1 is 1.15 bits per heavy atom. The summed E-state index contributed by atoms with van der Waals surface area (Å²) in [5, 5.41) is 6.82. The van der Waals surface area contributed by atoms with E-state index in [1.165, 1.54) is 25.7 Å². The number of aromatic nitrogens is 2. The Bertz CT molecular complexity index is 436. The van der Waals surface area contributed by atoms with Crippen LogP contribution in [0.4, 0.5) is 11.6 Å². The van der Waals surface area contributed by atoms with Crippen molar-refractivity contribution in [1.82, 2.24) is 9.97 Å². The van der Waals surface area contributed by atoms with E-state index in [1.54, 1.807) is 0 Å². The van der Waals surface area contributed by atoms with Crippen molar-refractivity contribution in [2.24, 2.45) is 5.41 Å². The highest BCUT2D eigenvalue weighted by molar-refractivity contribution is 5.48. The Morgan fingerprint density at radius 2 is 1.75 bits per heavy atom. The average molecular weight is 276 g/mol. The summed E-state index contributed by atoms with van der Waals surface area (Å²) in [4.78, 5) is 9.20. The average Bonchev–Trinajstić information content (AvgIpc) is 2.84. The van der Waals surface area contributed by atoms with Gasteiger partial charge in [-0.15, -0.1) is 0 Å². The van der Waals surface area contributed by atoms with E-state index in [1.807, 2.05) is 6.07 Å². The first-order valence-electron chi connectivity index (χ1n) is 7.89. The zero-order chi connectivity index (χ0) is 14.6. The summed E-state index contributed by atoms with van der Waals surface area (Å²) >= 11 is 0. The molecule has 0 aliphatic heterocycles. The minimum Gasteiger partial charge on any atom is -0.370 e. The van der Waals surface area contributed by atoms with Gasteiger partial charge in [-0.3, -0.25) is 0 Å². The van der Waals surface area contributed by atoms with Gasteiger partial charge >= 0.3 is 0 Å². The van der Waals surface area contributed by atoms with Crippen LogP contribution in [0.5, 0.6) is 0 Å². The lowest BCUT2D eigenvalue weighted by atomic mass is 9.89. The Labute approximate surface area is 122 Å². The third-order valence-electron chi connectivity index (χ3n) is 4.12. The van der Waals surface area contributed by atoms with Crippen LogP contribution in [0.3, 0.4) is 0 Å². The molecule has 1 aliphatic carbocycles. The van der Waals surface area contributed by atoms with Gasteiger partial charge in [-0.2, -0.15) is 0 Å². The lowest BCUT2D eigenvalue weighted by Gasteiger charge is -2.24. The van der Waals surface area contributed by atoms with Crippen LogP contribution in [-0.4, -0.2) is 23.1 Å². The van der Waals surface area contributed by atoms with Crippen molar-refractivity contribution in [2.45, 2.75) is 59.3 Å². The summed E-state index contributed by atoms with van der Waals surface area (Å²) in [6, 6.07) is 2.02. The molecule has 4 nitrogen and oxygen atoms in total. The second kappa shape index (κ2) is 6.42. The largest absolute Gasteiger partial charge is 0.370 e. The van der Waals surface area contributed by atoms with E-state index in [2.05, 4.69) is 48.3 Å². The van der Waals surface area contributed by atoms with Crippen LogP contribution in [0.2, 0.25) is 0 Å². The number of nitrogens with one attached hydrogen (secondary N) is 2. The maximum absolute atomic E-state index is 4.65. The summed E-state index contributed by atoms with van der Waals surface area (Å²) in [6.45, 7) is 10.6. The van der Waals surface area contributed by atoms with Crippen LogP contribution < -0.4 is 10.6 Å². The van der Waals surface area contributed by atoms with Crippen LogP contribution in [-0.2, 0) is 0 Å². The van der Waals surface area contributed by atoms with E-state index in [0.717, 1.165) is 30.5 Å². The molecule has 112 valence electrons. The molecular weight excluding hydrogens is 248 g/mol. The SMILES string of the molecule is CCNc1cc(NCC2(C)CCCC2)nc(C(C)C)n1. The maximum Gasteiger partial charge on any atom is 0.135 e. The highest BCUT2D eigenvalue weighted by Crippen LogP contribution is 2.37. The Morgan fingerprint density at radius 3 is 2.30 bits per heavy atom. The molecule has 2 N–H and O–H groups in total. The van der Waals surface area contributed by atoms with Crippen molar-refractivity contribution in [3.05, 3.63) is 11.9 Å². The van der Waals surface area contributed by atoms with Crippen molar-refractivity contribution in [2.75, 3.05) is 23.7 Å². The molecule has 0 saturated heterocycles. The fourth-order valence-electron chi connectivity index (χ4n) is 2.80. The first kappa shape index (κ1) is 15.1. The monoisotopic (exact) mass is 276 g/mol. The second-order valence-electron chi connectivity index (χ2n) is 6.55. The van der Waals surface area contributed by atoms with Crippen LogP contribution in [0, 0.1) is 5.41 Å². The summed E-state index contributed by atoms with van der Waals surface area (Å²) < 4.78 is 0. The van der Waals surface area contributed by atoms with Gasteiger partial charge in [-0.25, -0.2) is 9.97 Å². The fraction of sp³-hybridized carbons (Fsp3) is 0.750. The summed E-state index contributed by atoms with van der Waals surface area (Å²) in [7, 11) is 0. The predicted octanol–water partition coefficient (Wildman–Crippen LogP) is 4.02. The van der Waals surface area contributed by atoms with Crippen LogP contribution in [0.1, 0.15) is 65.1 Å². The van der Waals surface area contributed by atoms with E-state index >= 15 is 0 Å². The summed E-state index contributed by atoms with van der Waals surface area (Å²) in [5.74, 6) is 3.12. The quantitative estimate of drug-likeness (QED) is 0.824. The Balaban J connectivity index is 2.09. The van der Waals surface area contributed by atoms with Gasteiger partial charge in [0.15, 0.2) is 0 Å². The topological polar surface area (TPSA) is 49.8 Å². The molecule has 0 unspecified atom stereocenters. The van der Waals surface area contributed by atoms with E-state index in [-0.39, 0.29) is 0 Å². The molecule has 1 heterocycles. The normalized spacial score (nSPS) is 17.4. The molecular formula is C16H28N4. The van der Waals surface area contributed by atoms with Gasteiger partial charge in [0.25, 0.3) is 0 Å². The summed E-state index contributed by atoms with van der Waals surface area (Å²) in [6.07, 6.45) is 5.37. The van der Waals surface area contributed by atoms with E-state index in [9.17, 15) is 0 Å². The molecule has 0 radical (unpaired) electrons. The Kier molecular flexibility index (Phi) is 4.84. The van der Waals surface area contributed by atoms with E-state index in [0.29, 0.717) is 11.3 Å². The number of anilines is 2. The number of hydrogen-bond acceptors (Lipinski definition) is 4. The van der Waals surface area contributed by atoms with E-state index in [4.69, 9.17) is 0 Å². The minimum atomic E-state index is 0.344. The fourth-order valence-corrected chi connectivity index (χ4v) is 2.80. The van der Waals surface area contributed by atoms with Crippen LogP contribution in [0.15, 0.2) is 6.07 Å². The maximum atomic E-state index is 4.65. The minimum absolute atomic E-state index is 0.344. The summed E-state index contributed by atoms with van der Waals surface area (Å²) in [5.41, 5.74) is 0.432. The zero-order valence-electron chi connectivity index (χ0n) is 13.3.